The van der Waals surface area contributed by atoms with E-state index in [2.05, 4.69) is 10.2 Å². The third-order valence-corrected chi connectivity index (χ3v) is 2.24. The lowest BCUT2D eigenvalue weighted by atomic mass is 10.1. The molecule has 0 aliphatic heterocycles. The van der Waals surface area contributed by atoms with E-state index in [1.54, 1.807) is 31.4 Å². The molecule has 0 radical (unpaired) electrons. The van der Waals surface area contributed by atoms with Crippen molar-refractivity contribution in [3.8, 4) is 17.0 Å². The van der Waals surface area contributed by atoms with Crippen LogP contribution in [0.3, 0.4) is 0 Å². The zero-order valence-electron chi connectivity index (χ0n) is 8.56. The molecule has 82 valence electrons. The highest BCUT2D eigenvalue weighted by atomic mass is 16.5. The lowest BCUT2D eigenvalue weighted by molar-refractivity contribution is -0.254. The smallest absolute Gasteiger partial charge is 0.118 e. The Kier molecular flexibility index (Phi) is 2.59. The van der Waals surface area contributed by atoms with Gasteiger partial charge in [-0.3, -0.25) is 5.10 Å². The Morgan fingerprint density at radius 1 is 1.38 bits per heavy atom. The molecule has 5 heteroatoms. The first-order valence-electron chi connectivity index (χ1n) is 4.61. The summed E-state index contributed by atoms with van der Waals surface area (Å²) in [4.78, 5) is 10.8. The van der Waals surface area contributed by atoms with Crippen LogP contribution in [0.15, 0.2) is 30.5 Å². The molecule has 0 atom stereocenters. The van der Waals surface area contributed by atoms with E-state index in [0.717, 1.165) is 5.56 Å². The van der Waals surface area contributed by atoms with Crippen molar-refractivity contribution in [1.82, 2.24) is 10.2 Å². The summed E-state index contributed by atoms with van der Waals surface area (Å²) in [6.45, 7) is 0. The predicted molar refractivity (Wildman–Crippen MR) is 54.9 cm³/mol. The van der Waals surface area contributed by atoms with Crippen LogP contribution in [0.25, 0.3) is 11.3 Å². The van der Waals surface area contributed by atoms with Crippen LogP contribution in [-0.4, -0.2) is 23.3 Å². The maximum absolute atomic E-state index is 10.8. The number of H-pyrrole nitrogens is 1. The molecule has 1 heterocycles. The number of aromatic carboxylic acids is 1. The minimum atomic E-state index is -1.25. The number of carboxylic acid groups (broad SMARTS) is 1. The summed E-state index contributed by atoms with van der Waals surface area (Å²) < 4.78 is 5.01. The molecule has 0 saturated heterocycles. The number of methoxy groups -OCH3 is 1. The van der Waals surface area contributed by atoms with E-state index in [4.69, 9.17) is 4.74 Å². The van der Waals surface area contributed by atoms with Crippen molar-refractivity contribution in [1.29, 1.82) is 0 Å². The molecule has 5 nitrogen and oxygen atoms in total. The van der Waals surface area contributed by atoms with E-state index < -0.39 is 5.97 Å². The molecule has 0 fully saturated rings. The zero-order chi connectivity index (χ0) is 11.5. The number of rotatable bonds is 3. The fourth-order valence-electron chi connectivity index (χ4n) is 1.42. The maximum Gasteiger partial charge on any atom is 0.118 e. The van der Waals surface area contributed by atoms with Crippen molar-refractivity contribution in [3.63, 3.8) is 0 Å². The molecule has 16 heavy (non-hydrogen) atoms. The lowest BCUT2D eigenvalue weighted by Crippen LogP contribution is -2.22. The van der Waals surface area contributed by atoms with Crippen LogP contribution in [0.1, 0.15) is 10.4 Å². The van der Waals surface area contributed by atoms with Gasteiger partial charge in [0.25, 0.3) is 0 Å². The summed E-state index contributed by atoms with van der Waals surface area (Å²) in [5.41, 5.74) is 1.20. The monoisotopic (exact) mass is 217 g/mol. The van der Waals surface area contributed by atoms with Crippen molar-refractivity contribution in [3.05, 3.63) is 36.0 Å². The molecule has 1 N–H and O–H groups in total. The van der Waals surface area contributed by atoms with Gasteiger partial charge in [-0.2, -0.15) is 5.10 Å². The largest absolute Gasteiger partial charge is 0.545 e. The summed E-state index contributed by atoms with van der Waals surface area (Å²) in [5.74, 6) is -0.544. The number of aromatic amines is 1. The molecule has 2 rings (SSSR count). The topological polar surface area (TPSA) is 78.0 Å². The van der Waals surface area contributed by atoms with Crippen LogP contribution >= 0.6 is 0 Å². The lowest BCUT2D eigenvalue weighted by Gasteiger charge is -2.05. The van der Waals surface area contributed by atoms with Gasteiger partial charge in [-0.25, -0.2) is 0 Å². The Morgan fingerprint density at radius 2 is 2.06 bits per heavy atom. The molecule has 2 aromatic rings. The van der Waals surface area contributed by atoms with Crippen molar-refractivity contribution in [2.24, 2.45) is 0 Å². The van der Waals surface area contributed by atoms with Gasteiger partial charge in [-0.15, -0.1) is 0 Å². The number of aromatic nitrogens is 2. The minimum absolute atomic E-state index is 0.0465. The number of ether oxygens (including phenoxy) is 1. The van der Waals surface area contributed by atoms with Gasteiger partial charge in [0, 0.05) is 11.1 Å². The second-order valence-electron chi connectivity index (χ2n) is 3.17. The van der Waals surface area contributed by atoms with Gasteiger partial charge in [-0.05, 0) is 24.3 Å². The van der Waals surface area contributed by atoms with Crippen LogP contribution in [-0.2, 0) is 0 Å². The normalized spacial score (nSPS) is 10.1. The standard InChI is InChI=1S/C11H10N2O3/c1-16-8-4-2-7(3-5-8)10-9(11(14)15)6-12-13-10/h2-6H,1H3,(H,12,13)(H,14,15)/p-1. The van der Waals surface area contributed by atoms with Gasteiger partial charge in [-0.1, -0.05) is 0 Å². The van der Waals surface area contributed by atoms with Crippen molar-refractivity contribution < 1.29 is 14.6 Å². The second-order valence-corrected chi connectivity index (χ2v) is 3.17. The summed E-state index contributed by atoms with van der Waals surface area (Å²) in [5, 5.41) is 17.1. The van der Waals surface area contributed by atoms with Crippen LogP contribution in [0.5, 0.6) is 5.75 Å². The first kappa shape index (κ1) is 10.2. The number of nitrogens with zero attached hydrogens (tertiary/aromatic N) is 1. The van der Waals surface area contributed by atoms with Crippen molar-refractivity contribution in [2.45, 2.75) is 0 Å². The van der Waals surface area contributed by atoms with Gasteiger partial charge in [0.05, 0.1) is 25.0 Å². The molecule has 0 spiro atoms. The van der Waals surface area contributed by atoms with E-state index in [0.29, 0.717) is 11.4 Å². The van der Waals surface area contributed by atoms with Gasteiger partial charge in [0.15, 0.2) is 0 Å². The Bertz CT molecular complexity index is 502. The van der Waals surface area contributed by atoms with E-state index in [-0.39, 0.29) is 5.56 Å². The molecular weight excluding hydrogens is 208 g/mol. The quantitative estimate of drug-likeness (QED) is 0.809. The van der Waals surface area contributed by atoms with Crippen LogP contribution in [0, 0.1) is 0 Å². The van der Waals surface area contributed by atoms with Gasteiger partial charge in [0.1, 0.15) is 5.75 Å². The number of benzene rings is 1. The van der Waals surface area contributed by atoms with Crippen LogP contribution < -0.4 is 9.84 Å². The first-order chi connectivity index (χ1) is 7.72. The predicted octanol–water partition coefficient (Wildman–Crippen LogP) is 0.449. The molecular formula is C11H9N2O3-. The zero-order valence-corrected chi connectivity index (χ0v) is 8.56. The molecule has 0 amide bonds. The Labute approximate surface area is 91.7 Å². The van der Waals surface area contributed by atoms with E-state index in [1.807, 2.05) is 0 Å². The maximum atomic E-state index is 10.8. The third kappa shape index (κ3) is 1.75. The number of hydrogen-bond acceptors (Lipinski definition) is 4. The Hall–Kier alpha value is -2.30. The van der Waals surface area contributed by atoms with Gasteiger partial charge >= 0.3 is 0 Å². The number of carboxylic acids is 1. The first-order valence-corrected chi connectivity index (χ1v) is 4.61. The molecule has 1 aromatic heterocycles. The van der Waals surface area contributed by atoms with Gasteiger partial charge < -0.3 is 14.6 Å². The van der Waals surface area contributed by atoms with Crippen LogP contribution in [0.2, 0.25) is 0 Å². The van der Waals surface area contributed by atoms with E-state index in [9.17, 15) is 9.90 Å². The SMILES string of the molecule is COc1ccc(-c2[nH]ncc2C(=O)[O-])cc1. The molecule has 0 aliphatic carbocycles. The summed E-state index contributed by atoms with van der Waals surface area (Å²) >= 11 is 0. The Morgan fingerprint density at radius 3 is 2.62 bits per heavy atom. The molecule has 0 bridgehead atoms. The molecule has 0 aliphatic rings. The number of nitrogens with one attached hydrogen (secondary N) is 1. The van der Waals surface area contributed by atoms with E-state index in [1.165, 1.54) is 6.20 Å². The summed E-state index contributed by atoms with van der Waals surface area (Å²) in [6, 6.07) is 6.99. The van der Waals surface area contributed by atoms with Gasteiger partial charge in [0.2, 0.25) is 0 Å². The average molecular weight is 217 g/mol. The number of carbonyl (C=O) groups is 1. The summed E-state index contributed by atoms with van der Waals surface area (Å²) in [7, 11) is 1.57. The fourth-order valence-corrected chi connectivity index (χ4v) is 1.42. The average Bonchev–Trinajstić information content (AvgIpc) is 2.78. The van der Waals surface area contributed by atoms with Crippen molar-refractivity contribution >= 4 is 5.97 Å². The molecule has 0 saturated carbocycles. The number of carbonyl (C=O) groups excluding carboxylic acids is 1. The van der Waals surface area contributed by atoms with Crippen molar-refractivity contribution in [2.75, 3.05) is 7.11 Å². The molecule has 0 unspecified atom stereocenters. The van der Waals surface area contributed by atoms with E-state index >= 15 is 0 Å². The Balaban J connectivity index is 2.42. The van der Waals surface area contributed by atoms with Crippen LogP contribution in [0.4, 0.5) is 0 Å². The molecule has 1 aromatic carbocycles. The fraction of sp³-hybridized carbons (Fsp3) is 0.0909. The highest BCUT2D eigenvalue weighted by molar-refractivity contribution is 5.93. The summed E-state index contributed by atoms with van der Waals surface area (Å²) in [6.07, 6.45) is 1.23. The highest BCUT2D eigenvalue weighted by Gasteiger charge is 2.08. The second kappa shape index (κ2) is 4.06. The highest BCUT2D eigenvalue weighted by Crippen LogP contribution is 2.23. The number of hydrogen-bond donors (Lipinski definition) is 1. The minimum Gasteiger partial charge on any atom is -0.545 e. The third-order valence-electron chi connectivity index (χ3n) is 2.24.